The number of carbonyl (C=O) groups excluding carboxylic acids is 1. The highest BCUT2D eigenvalue weighted by molar-refractivity contribution is 5.82. The van der Waals surface area contributed by atoms with Crippen molar-refractivity contribution in [3.63, 3.8) is 0 Å². The van der Waals surface area contributed by atoms with E-state index in [9.17, 15) is 4.79 Å². The number of hydrogen-bond donors (Lipinski definition) is 0. The van der Waals surface area contributed by atoms with Gasteiger partial charge in [0.05, 0.1) is 6.61 Å². The summed E-state index contributed by atoms with van der Waals surface area (Å²) in [4.78, 5) is 11.2. The fraction of sp³-hybridized carbons (Fsp3) is 0.583. The molecule has 0 spiro atoms. The second-order valence-corrected chi connectivity index (χ2v) is 3.96. The monoisotopic (exact) mass is 196 g/mol. The maximum Gasteiger partial charge on any atom is 0.330 e. The second-order valence-electron chi connectivity index (χ2n) is 3.96. The summed E-state index contributed by atoms with van der Waals surface area (Å²) in [7, 11) is 0. The molecule has 0 aromatic rings. The number of esters is 1. The van der Waals surface area contributed by atoms with E-state index in [2.05, 4.69) is 20.4 Å². The molecule has 0 atom stereocenters. The van der Waals surface area contributed by atoms with Crippen molar-refractivity contribution in [2.24, 2.45) is 5.41 Å². The van der Waals surface area contributed by atoms with Crippen molar-refractivity contribution in [2.75, 3.05) is 6.61 Å². The van der Waals surface area contributed by atoms with Crippen LogP contribution in [0.15, 0.2) is 24.3 Å². The molecule has 2 nitrogen and oxygen atoms in total. The van der Waals surface area contributed by atoms with Gasteiger partial charge in [-0.15, -0.1) is 6.58 Å². The lowest BCUT2D eigenvalue weighted by molar-refractivity contribution is -0.137. The van der Waals surface area contributed by atoms with Crippen LogP contribution in [-0.4, -0.2) is 12.6 Å². The fourth-order valence-corrected chi connectivity index (χ4v) is 1.08. The Balaban J connectivity index is 4.49. The summed E-state index contributed by atoms with van der Waals surface area (Å²) >= 11 is 0. The van der Waals surface area contributed by atoms with E-state index in [1.807, 2.05) is 13.0 Å². The standard InChI is InChI=1S/C12H20O2/c1-6-8-12(4,5)10(3)9-11(13)14-7-2/h6,9H,1,7-8H2,2-5H3/b10-9+. The lowest BCUT2D eigenvalue weighted by Crippen LogP contribution is -2.13. The van der Waals surface area contributed by atoms with Gasteiger partial charge in [-0.3, -0.25) is 0 Å². The molecule has 0 unspecified atom stereocenters. The van der Waals surface area contributed by atoms with Crippen LogP contribution in [0.4, 0.5) is 0 Å². The lowest BCUT2D eigenvalue weighted by atomic mass is 9.82. The largest absolute Gasteiger partial charge is 0.463 e. The van der Waals surface area contributed by atoms with Crippen LogP contribution in [-0.2, 0) is 9.53 Å². The third kappa shape index (κ3) is 4.26. The number of hydrogen-bond acceptors (Lipinski definition) is 2. The zero-order valence-corrected chi connectivity index (χ0v) is 9.59. The Kier molecular flexibility index (Phi) is 5.21. The molecule has 0 N–H and O–H groups in total. The molecule has 80 valence electrons. The normalized spacial score (nSPS) is 12.4. The highest BCUT2D eigenvalue weighted by atomic mass is 16.5. The molecule has 0 bridgehead atoms. The van der Waals surface area contributed by atoms with Crippen molar-refractivity contribution in [2.45, 2.75) is 34.1 Å². The summed E-state index contributed by atoms with van der Waals surface area (Å²) in [6.45, 7) is 12.0. The van der Waals surface area contributed by atoms with Gasteiger partial charge in [-0.1, -0.05) is 25.5 Å². The molecule has 0 fully saturated rings. The second kappa shape index (κ2) is 5.63. The first-order chi connectivity index (χ1) is 6.44. The van der Waals surface area contributed by atoms with Crippen molar-refractivity contribution in [1.29, 1.82) is 0 Å². The highest BCUT2D eigenvalue weighted by Gasteiger charge is 2.19. The first-order valence-corrected chi connectivity index (χ1v) is 4.90. The summed E-state index contributed by atoms with van der Waals surface area (Å²) in [5.41, 5.74) is 1.00. The van der Waals surface area contributed by atoms with Gasteiger partial charge in [-0.25, -0.2) is 4.79 Å². The van der Waals surface area contributed by atoms with Gasteiger partial charge >= 0.3 is 5.97 Å². The molecule has 0 aliphatic heterocycles. The Bertz CT molecular complexity index is 237. The van der Waals surface area contributed by atoms with Crippen LogP contribution < -0.4 is 0 Å². The van der Waals surface area contributed by atoms with Crippen molar-refractivity contribution in [3.05, 3.63) is 24.3 Å². The molecule has 2 heteroatoms. The lowest BCUT2D eigenvalue weighted by Gasteiger charge is -2.23. The van der Waals surface area contributed by atoms with Gasteiger partial charge in [-0.2, -0.15) is 0 Å². The SMILES string of the molecule is C=CCC(C)(C)/C(C)=C/C(=O)OCC. The number of rotatable bonds is 5. The van der Waals surface area contributed by atoms with Crippen molar-refractivity contribution in [3.8, 4) is 0 Å². The maximum absolute atomic E-state index is 11.2. The van der Waals surface area contributed by atoms with Gasteiger partial charge in [0.1, 0.15) is 0 Å². The number of ether oxygens (including phenoxy) is 1. The van der Waals surface area contributed by atoms with Gasteiger partial charge in [0.25, 0.3) is 0 Å². The average molecular weight is 196 g/mol. The molecule has 0 rings (SSSR count). The van der Waals surface area contributed by atoms with E-state index in [1.54, 1.807) is 13.0 Å². The summed E-state index contributed by atoms with van der Waals surface area (Å²) in [5, 5.41) is 0. The average Bonchev–Trinajstić information content (AvgIpc) is 2.04. The van der Waals surface area contributed by atoms with E-state index in [1.165, 1.54) is 0 Å². The van der Waals surface area contributed by atoms with Crippen molar-refractivity contribution >= 4 is 5.97 Å². The van der Waals surface area contributed by atoms with Gasteiger partial charge in [0.2, 0.25) is 0 Å². The topological polar surface area (TPSA) is 26.3 Å². The summed E-state index contributed by atoms with van der Waals surface area (Å²) < 4.78 is 4.84. The van der Waals surface area contributed by atoms with Crippen LogP contribution in [0.3, 0.4) is 0 Å². The van der Waals surface area contributed by atoms with Crippen LogP contribution >= 0.6 is 0 Å². The number of carbonyl (C=O) groups is 1. The van der Waals surface area contributed by atoms with Gasteiger partial charge in [-0.05, 0) is 25.7 Å². The molecule has 0 heterocycles. The summed E-state index contributed by atoms with van der Waals surface area (Å²) in [5.74, 6) is -0.262. The Hall–Kier alpha value is -1.05. The minimum Gasteiger partial charge on any atom is -0.463 e. The van der Waals surface area contributed by atoms with E-state index in [-0.39, 0.29) is 11.4 Å². The molecule has 0 aliphatic rings. The van der Waals surface area contributed by atoms with Crippen LogP contribution in [0, 0.1) is 5.41 Å². The van der Waals surface area contributed by atoms with Crippen LogP contribution in [0.25, 0.3) is 0 Å². The summed E-state index contributed by atoms with van der Waals surface area (Å²) in [6, 6.07) is 0. The molecule has 0 saturated heterocycles. The molecular weight excluding hydrogens is 176 g/mol. The van der Waals surface area contributed by atoms with Crippen molar-refractivity contribution in [1.82, 2.24) is 0 Å². The van der Waals surface area contributed by atoms with Gasteiger partial charge in [0, 0.05) is 6.08 Å². The molecule has 0 amide bonds. The molecular formula is C12H20O2. The predicted octanol–water partition coefficient (Wildman–Crippen LogP) is 3.10. The van der Waals surface area contributed by atoms with Gasteiger partial charge in [0.15, 0.2) is 0 Å². The molecule has 0 radical (unpaired) electrons. The third-order valence-electron chi connectivity index (χ3n) is 2.34. The van der Waals surface area contributed by atoms with Crippen LogP contribution in [0.1, 0.15) is 34.1 Å². The highest BCUT2D eigenvalue weighted by Crippen LogP contribution is 2.29. The van der Waals surface area contributed by atoms with E-state index in [4.69, 9.17) is 4.74 Å². The molecule has 0 aliphatic carbocycles. The minimum atomic E-state index is -0.262. The first kappa shape index (κ1) is 12.9. The first-order valence-electron chi connectivity index (χ1n) is 4.90. The maximum atomic E-state index is 11.2. The predicted molar refractivity (Wildman–Crippen MR) is 59.0 cm³/mol. The van der Waals surface area contributed by atoms with E-state index >= 15 is 0 Å². The molecule has 0 aromatic heterocycles. The Morgan fingerprint density at radius 2 is 2.07 bits per heavy atom. The molecule has 14 heavy (non-hydrogen) atoms. The van der Waals surface area contributed by atoms with Crippen LogP contribution in [0.2, 0.25) is 0 Å². The Morgan fingerprint density at radius 3 is 2.50 bits per heavy atom. The van der Waals surface area contributed by atoms with E-state index in [0.717, 1.165) is 12.0 Å². The Morgan fingerprint density at radius 1 is 1.50 bits per heavy atom. The minimum absolute atomic E-state index is 0.0193. The zero-order valence-electron chi connectivity index (χ0n) is 9.59. The third-order valence-corrected chi connectivity index (χ3v) is 2.34. The van der Waals surface area contributed by atoms with Crippen molar-refractivity contribution < 1.29 is 9.53 Å². The quantitative estimate of drug-likeness (QED) is 0.383. The fourth-order valence-electron chi connectivity index (χ4n) is 1.08. The molecule has 0 aromatic carbocycles. The Labute approximate surface area is 86.6 Å². The molecule has 0 saturated carbocycles. The van der Waals surface area contributed by atoms with E-state index in [0.29, 0.717) is 6.61 Å². The van der Waals surface area contributed by atoms with Gasteiger partial charge < -0.3 is 4.74 Å². The van der Waals surface area contributed by atoms with E-state index < -0.39 is 0 Å². The summed E-state index contributed by atoms with van der Waals surface area (Å²) in [6.07, 6.45) is 4.28. The van der Waals surface area contributed by atoms with Crippen LogP contribution in [0.5, 0.6) is 0 Å². The smallest absolute Gasteiger partial charge is 0.330 e. The zero-order chi connectivity index (χ0) is 11.2. The number of allylic oxidation sites excluding steroid dienone is 2.